The Morgan fingerprint density at radius 3 is 2.37 bits per heavy atom. The summed E-state index contributed by atoms with van der Waals surface area (Å²) in [4.78, 5) is 15.5. The fourth-order valence-electron chi connectivity index (χ4n) is 3.40. The van der Waals surface area contributed by atoms with Gasteiger partial charge in [0.2, 0.25) is 5.69 Å². The van der Waals surface area contributed by atoms with Gasteiger partial charge >= 0.3 is 5.97 Å². The molecule has 0 aliphatic heterocycles. The van der Waals surface area contributed by atoms with Crippen molar-refractivity contribution in [3.63, 3.8) is 0 Å². The van der Waals surface area contributed by atoms with Gasteiger partial charge in [0.25, 0.3) is 0 Å². The molecule has 0 spiro atoms. The Hall–Kier alpha value is -3.52. The van der Waals surface area contributed by atoms with Crippen LogP contribution < -0.4 is 4.74 Å². The number of methoxy groups -OCH3 is 1. The third-order valence-electron chi connectivity index (χ3n) is 4.71. The minimum atomic E-state index is -1.03. The summed E-state index contributed by atoms with van der Waals surface area (Å²) >= 11 is 0. The highest BCUT2D eigenvalue weighted by Gasteiger charge is 2.25. The maximum Gasteiger partial charge on any atom is 0.351 e. The lowest BCUT2D eigenvalue weighted by atomic mass is 9.99. The third-order valence-corrected chi connectivity index (χ3v) is 4.71. The lowest BCUT2D eigenvalue weighted by Gasteiger charge is -2.08. The third kappa shape index (κ3) is 3.18. The number of aromatic nitrogens is 1. The first kappa shape index (κ1) is 18.3. The van der Waals surface area contributed by atoms with Crippen LogP contribution >= 0.6 is 0 Å². The van der Waals surface area contributed by atoms with Crippen LogP contribution in [0.5, 0.6) is 5.75 Å². The maximum atomic E-state index is 11.8. The lowest BCUT2D eigenvalue weighted by molar-refractivity contribution is 0.0687. The van der Waals surface area contributed by atoms with Gasteiger partial charge in [0.1, 0.15) is 11.4 Å². The van der Waals surface area contributed by atoms with E-state index in [9.17, 15) is 9.90 Å². The highest BCUT2D eigenvalue weighted by atomic mass is 16.5. The maximum absolute atomic E-state index is 11.8. The van der Waals surface area contributed by atoms with Gasteiger partial charge in [-0.1, -0.05) is 43.3 Å². The predicted molar refractivity (Wildman–Crippen MR) is 105 cm³/mol. The Labute approximate surface area is 158 Å². The van der Waals surface area contributed by atoms with E-state index in [1.807, 2.05) is 55.5 Å². The molecule has 2 aromatic carbocycles. The molecule has 0 fully saturated rings. The van der Waals surface area contributed by atoms with Crippen LogP contribution in [-0.2, 0) is 13.5 Å². The van der Waals surface area contributed by atoms with E-state index < -0.39 is 5.97 Å². The van der Waals surface area contributed by atoms with Crippen LogP contribution in [0.4, 0.5) is 5.69 Å². The molecular formula is C22H20N2O3. The van der Waals surface area contributed by atoms with E-state index >= 15 is 0 Å². The Bertz CT molecular complexity index is 1040. The topological polar surface area (TPSA) is 55.8 Å². The Kier molecular flexibility index (Phi) is 5.00. The van der Waals surface area contributed by atoms with Crippen LogP contribution in [0.3, 0.4) is 0 Å². The first-order valence-electron chi connectivity index (χ1n) is 8.59. The summed E-state index contributed by atoms with van der Waals surface area (Å²) in [7, 11) is 3.33. The zero-order chi connectivity index (χ0) is 19.6. The average molecular weight is 360 g/mol. The molecule has 3 rings (SSSR count). The largest absolute Gasteiger partial charge is 0.497 e. The summed E-state index contributed by atoms with van der Waals surface area (Å²) in [5.74, 6) is -0.260. The van der Waals surface area contributed by atoms with Crippen molar-refractivity contribution in [3.8, 4) is 28.0 Å². The molecule has 0 aliphatic rings. The molecular weight excluding hydrogens is 340 g/mol. The van der Waals surface area contributed by atoms with Gasteiger partial charge in [-0.25, -0.2) is 9.64 Å². The van der Waals surface area contributed by atoms with Crippen LogP contribution in [0.25, 0.3) is 27.1 Å². The normalized spacial score (nSPS) is 10.4. The van der Waals surface area contributed by atoms with E-state index in [-0.39, 0.29) is 5.69 Å². The molecule has 0 aliphatic carbocycles. The number of carboxylic acids is 1. The standard InChI is InChI=1S/C22H20N2O3/c1-5-18-20(23-2)19(21(22(25)26)24(18)3)15-11-9-14(10-12-15)16-7-6-8-17(13-16)27-4/h6-13H,5H2,1,3-4H3,(H,25,26). The first-order valence-corrected chi connectivity index (χ1v) is 8.59. The smallest absolute Gasteiger partial charge is 0.351 e. The fraction of sp³-hybridized carbons (Fsp3) is 0.182. The molecule has 1 aromatic heterocycles. The number of hydrogen-bond acceptors (Lipinski definition) is 2. The Balaban J connectivity index is 2.13. The summed E-state index contributed by atoms with van der Waals surface area (Å²) in [6, 6.07) is 15.3. The number of rotatable bonds is 5. The van der Waals surface area contributed by atoms with Gasteiger partial charge < -0.3 is 14.4 Å². The predicted octanol–water partition coefficient (Wildman–Crippen LogP) is 5.18. The van der Waals surface area contributed by atoms with Crippen LogP contribution in [0, 0.1) is 6.57 Å². The van der Waals surface area contributed by atoms with E-state index in [0.717, 1.165) is 28.1 Å². The molecule has 136 valence electrons. The van der Waals surface area contributed by atoms with Crippen molar-refractivity contribution < 1.29 is 14.6 Å². The second-order valence-corrected chi connectivity index (χ2v) is 6.16. The fourth-order valence-corrected chi connectivity index (χ4v) is 3.40. The Morgan fingerprint density at radius 2 is 1.81 bits per heavy atom. The molecule has 1 heterocycles. The quantitative estimate of drug-likeness (QED) is 0.638. The number of carbonyl (C=O) groups is 1. The summed E-state index contributed by atoms with van der Waals surface area (Å²) in [5.41, 5.74) is 4.49. The summed E-state index contributed by atoms with van der Waals surface area (Å²) in [6.45, 7) is 9.48. The van der Waals surface area contributed by atoms with Gasteiger partial charge in [-0.2, -0.15) is 0 Å². The number of ether oxygens (including phenoxy) is 1. The number of carboxylic acid groups (broad SMARTS) is 1. The Morgan fingerprint density at radius 1 is 1.15 bits per heavy atom. The number of aromatic carboxylic acids is 1. The van der Waals surface area contributed by atoms with E-state index in [1.54, 1.807) is 18.7 Å². The summed E-state index contributed by atoms with van der Waals surface area (Å²) < 4.78 is 6.88. The van der Waals surface area contributed by atoms with Crippen molar-refractivity contribution in [2.45, 2.75) is 13.3 Å². The van der Waals surface area contributed by atoms with Crippen LogP contribution in [0.1, 0.15) is 23.1 Å². The molecule has 5 heteroatoms. The van der Waals surface area contributed by atoms with Crippen molar-refractivity contribution in [1.29, 1.82) is 0 Å². The zero-order valence-electron chi connectivity index (χ0n) is 15.5. The second-order valence-electron chi connectivity index (χ2n) is 6.16. The molecule has 0 radical (unpaired) electrons. The molecule has 0 amide bonds. The van der Waals surface area contributed by atoms with E-state index in [0.29, 0.717) is 17.7 Å². The molecule has 0 unspecified atom stereocenters. The van der Waals surface area contributed by atoms with Crippen LogP contribution in [-0.4, -0.2) is 22.8 Å². The molecule has 27 heavy (non-hydrogen) atoms. The molecule has 5 nitrogen and oxygen atoms in total. The SMILES string of the molecule is [C-]#[N+]c1c(-c2ccc(-c3cccc(OC)c3)cc2)c(C(=O)O)n(C)c1CC. The van der Waals surface area contributed by atoms with Crippen LogP contribution in [0.15, 0.2) is 48.5 Å². The molecule has 0 atom stereocenters. The van der Waals surface area contributed by atoms with Crippen LogP contribution in [0.2, 0.25) is 0 Å². The molecule has 0 bridgehead atoms. The molecule has 3 aromatic rings. The zero-order valence-corrected chi connectivity index (χ0v) is 15.5. The van der Waals surface area contributed by atoms with Crippen molar-refractivity contribution >= 4 is 11.7 Å². The summed E-state index contributed by atoms with van der Waals surface area (Å²) in [5, 5.41) is 9.69. The van der Waals surface area contributed by atoms with Gasteiger partial charge in [-0.3, -0.25) is 0 Å². The molecule has 0 saturated carbocycles. The van der Waals surface area contributed by atoms with Gasteiger partial charge in [-0.15, -0.1) is 0 Å². The molecule has 0 saturated heterocycles. The van der Waals surface area contributed by atoms with Crippen molar-refractivity contribution in [1.82, 2.24) is 4.57 Å². The number of benzene rings is 2. The van der Waals surface area contributed by atoms with Gasteiger partial charge in [-0.05, 0) is 35.2 Å². The lowest BCUT2D eigenvalue weighted by Crippen LogP contribution is -2.07. The average Bonchev–Trinajstić information content (AvgIpc) is 2.99. The van der Waals surface area contributed by atoms with Gasteiger partial charge in [0.15, 0.2) is 0 Å². The monoisotopic (exact) mass is 360 g/mol. The highest BCUT2D eigenvalue weighted by molar-refractivity contribution is 6.00. The van der Waals surface area contributed by atoms with Crippen molar-refractivity contribution in [3.05, 3.63) is 71.3 Å². The highest BCUT2D eigenvalue weighted by Crippen LogP contribution is 2.40. The summed E-state index contributed by atoms with van der Waals surface area (Å²) in [6.07, 6.45) is 0.594. The first-order chi connectivity index (χ1) is 13.0. The minimum absolute atomic E-state index is 0.145. The van der Waals surface area contributed by atoms with Crippen molar-refractivity contribution in [2.24, 2.45) is 7.05 Å². The van der Waals surface area contributed by atoms with Gasteiger partial charge in [0, 0.05) is 18.3 Å². The van der Waals surface area contributed by atoms with Crippen molar-refractivity contribution in [2.75, 3.05) is 7.11 Å². The number of nitrogens with zero attached hydrogens (tertiary/aromatic N) is 2. The van der Waals surface area contributed by atoms with E-state index in [4.69, 9.17) is 11.3 Å². The van der Waals surface area contributed by atoms with E-state index in [1.165, 1.54) is 0 Å². The number of hydrogen-bond donors (Lipinski definition) is 1. The second kappa shape index (κ2) is 7.38. The van der Waals surface area contributed by atoms with Gasteiger partial charge in [0.05, 0.1) is 13.7 Å². The molecule has 1 N–H and O–H groups in total. The van der Waals surface area contributed by atoms with E-state index in [2.05, 4.69) is 4.85 Å². The minimum Gasteiger partial charge on any atom is -0.497 e.